The van der Waals surface area contributed by atoms with Gasteiger partial charge in [0, 0.05) is 25.3 Å². The minimum Gasteiger partial charge on any atom is -0.382 e. The molecule has 0 amide bonds. The highest BCUT2D eigenvalue weighted by Crippen LogP contribution is 2.49. The molecule has 0 radical (unpaired) electrons. The summed E-state index contributed by atoms with van der Waals surface area (Å²) in [5, 5.41) is 8.72. The number of hydrogen-bond donors (Lipinski definition) is 0. The number of ether oxygens (including phenoxy) is 1. The highest BCUT2D eigenvalue weighted by molar-refractivity contribution is 7.44. The number of rotatable bonds is 12. The van der Waals surface area contributed by atoms with Crippen molar-refractivity contribution in [3.05, 3.63) is 0 Å². The van der Waals surface area contributed by atoms with E-state index in [1.54, 1.807) is 0 Å². The van der Waals surface area contributed by atoms with Gasteiger partial charge in [-0.1, -0.05) is 0 Å². The number of nitriles is 1. The predicted octanol–water partition coefficient (Wildman–Crippen LogP) is 4.48. The zero-order chi connectivity index (χ0) is 17.2. The lowest BCUT2D eigenvalue weighted by Gasteiger charge is -2.39. The lowest BCUT2D eigenvalue weighted by atomic mass is 10.1. The largest absolute Gasteiger partial charge is 0.382 e. The van der Waals surface area contributed by atoms with Gasteiger partial charge >= 0.3 is 0 Å². The van der Waals surface area contributed by atoms with Gasteiger partial charge in [0.15, 0.2) is 0 Å². The van der Waals surface area contributed by atoms with Crippen molar-refractivity contribution >= 4 is 8.53 Å². The fourth-order valence-electron chi connectivity index (χ4n) is 2.00. The van der Waals surface area contributed by atoms with Crippen LogP contribution in [0.2, 0.25) is 0 Å². The topological polar surface area (TPSA) is 54.7 Å². The third-order valence-corrected chi connectivity index (χ3v) is 5.39. The molecule has 1 atom stereocenters. The van der Waals surface area contributed by atoms with Crippen molar-refractivity contribution < 1.29 is 13.8 Å². The molecule has 0 spiro atoms. The molecule has 0 aromatic heterocycles. The minimum absolute atomic E-state index is 0.316. The van der Waals surface area contributed by atoms with Gasteiger partial charge in [0.25, 0.3) is 8.53 Å². The average molecular weight is 332 g/mol. The Morgan fingerprint density at radius 1 is 1.14 bits per heavy atom. The van der Waals surface area contributed by atoms with Gasteiger partial charge in [0.05, 0.1) is 24.7 Å². The summed E-state index contributed by atoms with van der Waals surface area (Å²) in [7, 11) is -1.20. The standard InChI is InChI=1S/C16H33N2O3P/c1-8-19-13-10-16(6,7)21-22(20-12-9-11-17)18(14(2)3)15(4)5/h14-15H,8-10,12-13H2,1-7H3. The van der Waals surface area contributed by atoms with E-state index in [0.717, 1.165) is 6.42 Å². The van der Waals surface area contributed by atoms with Crippen LogP contribution < -0.4 is 0 Å². The van der Waals surface area contributed by atoms with Crippen molar-refractivity contribution in [1.82, 2.24) is 4.67 Å². The van der Waals surface area contributed by atoms with Crippen LogP contribution >= 0.6 is 8.53 Å². The molecule has 0 heterocycles. The molecule has 0 fully saturated rings. The molecule has 0 N–H and O–H groups in total. The molecule has 130 valence electrons. The SMILES string of the molecule is CCOCCC(C)(C)OP(OCCC#N)N(C(C)C)C(C)C. The summed E-state index contributed by atoms with van der Waals surface area (Å²) in [4.78, 5) is 0. The van der Waals surface area contributed by atoms with E-state index < -0.39 is 8.53 Å². The van der Waals surface area contributed by atoms with Gasteiger partial charge in [-0.2, -0.15) is 5.26 Å². The zero-order valence-corrected chi connectivity index (χ0v) is 16.2. The first-order valence-corrected chi connectivity index (χ1v) is 9.23. The van der Waals surface area contributed by atoms with Crippen LogP contribution in [-0.4, -0.2) is 42.2 Å². The van der Waals surface area contributed by atoms with Crippen molar-refractivity contribution in [3.8, 4) is 6.07 Å². The van der Waals surface area contributed by atoms with Crippen LogP contribution in [0.25, 0.3) is 0 Å². The van der Waals surface area contributed by atoms with Gasteiger partial charge in [-0.3, -0.25) is 0 Å². The summed E-state index contributed by atoms with van der Waals surface area (Å²) in [5.74, 6) is 0. The van der Waals surface area contributed by atoms with Crippen molar-refractivity contribution in [3.63, 3.8) is 0 Å². The Kier molecular flexibility index (Phi) is 11.2. The van der Waals surface area contributed by atoms with E-state index >= 15 is 0 Å². The first kappa shape index (κ1) is 21.8. The maximum Gasteiger partial charge on any atom is 0.259 e. The van der Waals surface area contributed by atoms with Crippen LogP contribution in [0.4, 0.5) is 0 Å². The van der Waals surface area contributed by atoms with Crippen LogP contribution in [0.5, 0.6) is 0 Å². The second kappa shape index (κ2) is 11.3. The van der Waals surface area contributed by atoms with Gasteiger partial charge in [-0.15, -0.1) is 0 Å². The smallest absolute Gasteiger partial charge is 0.259 e. The van der Waals surface area contributed by atoms with Crippen LogP contribution in [0.3, 0.4) is 0 Å². The van der Waals surface area contributed by atoms with Gasteiger partial charge in [0.2, 0.25) is 0 Å². The van der Waals surface area contributed by atoms with Crippen LogP contribution in [0.1, 0.15) is 61.3 Å². The summed E-state index contributed by atoms with van der Waals surface area (Å²) < 4.78 is 19.9. The van der Waals surface area contributed by atoms with E-state index in [9.17, 15) is 0 Å². The monoisotopic (exact) mass is 332 g/mol. The molecule has 0 aliphatic rings. The fourth-order valence-corrected chi connectivity index (χ4v) is 3.80. The summed E-state index contributed by atoms with van der Waals surface area (Å²) in [6.45, 7) is 16.5. The predicted molar refractivity (Wildman–Crippen MR) is 91.5 cm³/mol. The molecule has 0 saturated heterocycles. The second-order valence-corrected chi connectivity index (χ2v) is 7.72. The zero-order valence-electron chi connectivity index (χ0n) is 15.3. The highest BCUT2D eigenvalue weighted by Gasteiger charge is 2.32. The lowest BCUT2D eigenvalue weighted by molar-refractivity contribution is 0.0337. The molecule has 0 saturated carbocycles. The Morgan fingerprint density at radius 3 is 2.18 bits per heavy atom. The molecule has 5 nitrogen and oxygen atoms in total. The summed E-state index contributed by atoms with van der Waals surface area (Å²) in [5.41, 5.74) is -0.324. The van der Waals surface area contributed by atoms with Crippen LogP contribution in [-0.2, 0) is 13.8 Å². The Labute approximate surface area is 137 Å². The van der Waals surface area contributed by atoms with Crippen molar-refractivity contribution in [2.45, 2.75) is 79.0 Å². The quantitative estimate of drug-likeness (QED) is 0.389. The summed E-state index contributed by atoms with van der Waals surface area (Å²) in [6, 6.07) is 2.75. The van der Waals surface area contributed by atoms with E-state index in [1.165, 1.54) is 0 Å². The third-order valence-electron chi connectivity index (χ3n) is 3.04. The Balaban J connectivity index is 4.86. The van der Waals surface area contributed by atoms with E-state index in [4.69, 9.17) is 19.0 Å². The first-order chi connectivity index (χ1) is 10.2. The van der Waals surface area contributed by atoms with Crippen LogP contribution in [0.15, 0.2) is 0 Å². The fraction of sp³-hybridized carbons (Fsp3) is 0.938. The average Bonchev–Trinajstić information content (AvgIpc) is 2.37. The number of nitrogens with zero attached hydrogens (tertiary/aromatic N) is 2. The molecule has 1 unspecified atom stereocenters. The summed E-state index contributed by atoms with van der Waals surface area (Å²) >= 11 is 0. The highest BCUT2D eigenvalue weighted by atomic mass is 31.2. The van der Waals surface area contributed by atoms with Crippen molar-refractivity contribution in [1.29, 1.82) is 5.26 Å². The lowest BCUT2D eigenvalue weighted by Crippen LogP contribution is -2.36. The Bertz CT molecular complexity index is 322. The minimum atomic E-state index is -1.20. The molecule has 22 heavy (non-hydrogen) atoms. The Hall–Kier alpha value is -0.240. The first-order valence-electron chi connectivity index (χ1n) is 8.10. The van der Waals surface area contributed by atoms with Crippen molar-refractivity contribution in [2.24, 2.45) is 0 Å². The van der Waals surface area contributed by atoms with Crippen molar-refractivity contribution in [2.75, 3.05) is 19.8 Å². The molecule has 0 bridgehead atoms. The molecule has 0 aromatic rings. The second-order valence-electron chi connectivity index (χ2n) is 6.34. The van der Waals surface area contributed by atoms with Gasteiger partial charge in [-0.05, 0) is 54.9 Å². The van der Waals surface area contributed by atoms with Gasteiger partial charge < -0.3 is 13.8 Å². The molecule has 0 aliphatic carbocycles. The van der Waals surface area contributed by atoms with E-state index in [-0.39, 0.29) is 5.60 Å². The third kappa shape index (κ3) is 9.02. The molecule has 0 aliphatic heterocycles. The Morgan fingerprint density at radius 2 is 1.73 bits per heavy atom. The maximum atomic E-state index is 8.72. The van der Waals surface area contributed by atoms with Gasteiger partial charge in [-0.25, -0.2) is 4.67 Å². The summed E-state index contributed by atoms with van der Waals surface area (Å²) in [6.07, 6.45) is 1.19. The molecule has 6 heteroatoms. The van der Waals surface area contributed by atoms with E-state index in [2.05, 4.69) is 52.3 Å². The molecular formula is C16H33N2O3P. The van der Waals surface area contributed by atoms with Crippen LogP contribution in [0, 0.1) is 11.3 Å². The van der Waals surface area contributed by atoms with Gasteiger partial charge in [0.1, 0.15) is 0 Å². The molecule has 0 aromatic carbocycles. The van der Waals surface area contributed by atoms with E-state index in [0.29, 0.717) is 38.3 Å². The molecular weight excluding hydrogens is 299 g/mol. The van der Waals surface area contributed by atoms with E-state index in [1.807, 2.05) is 6.92 Å². The maximum absolute atomic E-state index is 8.72. The number of hydrogen-bond acceptors (Lipinski definition) is 5. The molecule has 0 rings (SSSR count). The normalized spacial score (nSPS) is 13.9.